The van der Waals surface area contributed by atoms with Gasteiger partial charge in [-0.25, -0.2) is 0 Å². The number of piperidine rings is 2. The number of β-amino-alcohol motifs (C(OH)–C–C–N with tert-alkyl or cyclic N) is 1. The molecule has 142 valence electrons. The van der Waals surface area contributed by atoms with E-state index in [9.17, 15) is 14.7 Å². The van der Waals surface area contributed by atoms with Crippen molar-refractivity contribution in [3.63, 3.8) is 0 Å². The fourth-order valence-electron chi connectivity index (χ4n) is 4.51. The summed E-state index contributed by atoms with van der Waals surface area (Å²) in [7, 11) is 0. The topological polar surface area (TPSA) is 60.9 Å². The summed E-state index contributed by atoms with van der Waals surface area (Å²) in [6, 6.07) is 9.91. The molecule has 1 aromatic rings. The first-order chi connectivity index (χ1) is 12.2. The molecule has 5 nitrogen and oxygen atoms in total. The normalized spacial score (nSPS) is 23.2. The van der Waals surface area contributed by atoms with E-state index in [1.54, 1.807) is 11.8 Å². The van der Waals surface area contributed by atoms with Crippen LogP contribution in [0.4, 0.5) is 0 Å². The van der Waals surface area contributed by atoms with Crippen molar-refractivity contribution in [2.75, 3.05) is 26.2 Å². The number of rotatable bonds is 2. The monoisotopic (exact) mass is 358 g/mol. The minimum absolute atomic E-state index is 0.0202. The smallest absolute Gasteiger partial charge is 0.232 e. The maximum atomic E-state index is 13.1. The van der Waals surface area contributed by atoms with Crippen LogP contribution >= 0.6 is 0 Å². The number of carbonyl (C=O) groups is 2. The molecule has 1 unspecified atom stereocenters. The van der Waals surface area contributed by atoms with E-state index in [4.69, 9.17) is 0 Å². The van der Waals surface area contributed by atoms with Crippen molar-refractivity contribution in [3.05, 3.63) is 35.9 Å². The van der Waals surface area contributed by atoms with Gasteiger partial charge in [-0.05, 0) is 44.1 Å². The summed E-state index contributed by atoms with van der Waals surface area (Å²) in [6.45, 7) is 8.03. The molecule has 2 saturated heterocycles. The maximum Gasteiger partial charge on any atom is 0.232 e. The molecule has 2 aliphatic heterocycles. The number of nitrogens with zero attached hydrogens (tertiary/aromatic N) is 2. The average Bonchev–Trinajstić information content (AvgIpc) is 2.62. The zero-order chi connectivity index (χ0) is 18.9. The second-order valence-corrected chi connectivity index (χ2v) is 8.54. The lowest BCUT2D eigenvalue weighted by Crippen LogP contribution is -2.56. The van der Waals surface area contributed by atoms with Crippen molar-refractivity contribution in [2.24, 2.45) is 5.41 Å². The van der Waals surface area contributed by atoms with E-state index < -0.39 is 11.5 Å². The Morgan fingerprint density at radius 2 is 1.73 bits per heavy atom. The van der Waals surface area contributed by atoms with Crippen LogP contribution in [-0.2, 0) is 15.0 Å². The Morgan fingerprint density at radius 3 is 2.31 bits per heavy atom. The number of likely N-dealkylation sites (tertiary alicyclic amines) is 2. The van der Waals surface area contributed by atoms with Gasteiger partial charge in [0.15, 0.2) is 0 Å². The van der Waals surface area contributed by atoms with Gasteiger partial charge in [-0.3, -0.25) is 9.59 Å². The first-order valence-corrected chi connectivity index (χ1v) is 9.52. The Bertz CT molecular complexity index is 663. The Hall–Kier alpha value is -1.88. The van der Waals surface area contributed by atoms with Crippen LogP contribution < -0.4 is 0 Å². The summed E-state index contributed by atoms with van der Waals surface area (Å²) < 4.78 is 0. The standard InChI is InChI=1S/C21H30N2O3/c1-16(24)23-14-18(25)13-21(15-23)9-11-22(12-10-21)19(26)20(2,3)17-7-5-4-6-8-17/h4-8,18,25H,9-15H2,1-3H3. The highest BCUT2D eigenvalue weighted by Gasteiger charge is 2.44. The fraction of sp³-hybridized carbons (Fsp3) is 0.619. The summed E-state index contributed by atoms with van der Waals surface area (Å²) in [5, 5.41) is 10.2. The van der Waals surface area contributed by atoms with Gasteiger partial charge in [-0.1, -0.05) is 30.3 Å². The number of hydrogen-bond acceptors (Lipinski definition) is 3. The molecule has 0 aliphatic carbocycles. The minimum atomic E-state index is -0.552. The molecule has 2 heterocycles. The first kappa shape index (κ1) is 18.9. The van der Waals surface area contributed by atoms with Gasteiger partial charge >= 0.3 is 0 Å². The Morgan fingerprint density at radius 1 is 1.12 bits per heavy atom. The third-order valence-corrected chi connectivity index (χ3v) is 6.21. The molecule has 0 radical (unpaired) electrons. The maximum absolute atomic E-state index is 13.1. The Labute approximate surface area is 156 Å². The lowest BCUT2D eigenvalue weighted by Gasteiger charge is -2.49. The molecule has 0 saturated carbocycles. The molecule has 2 amide bonds. The Kier molecular flexibility index (Phi) is 5.11. The minimum Gasteiger partial charge on any atom is -0.391 e. The van der Waals surface area contributed by atoms with Crippen LogP contribution in [0.2, 0.25) is 0 Å². The highest BCUT2D eigenvalue weighted by atomic mass is 16.3. The predicted octanol–water partition coefficient (Wildman–Crippen LogP) is 2.19. The van der Waals surface area contributed by atoms with Crippen LogP contribution in [-0.4, -0.2) is 59.0 Å². The van der Waals surface area contributed by atoms with Crippen molar-refractivity contribution in [1.82, 2.24) is 9.80 Å². The molecule has 0 aromatic heterocycles. The van der Waals surface area contributed by atoms with Crippen molar-refractivity contribution < 1.29 is 14.7 Å². The molecule has 5 heteroatoms. The van der Waals surface area contributed by atoms with E-state index in [0.717, 1.165) is 24.8 Å². The van der Waals surface area contributed by atoms with E-state index in [1.807, 2.05) is 49.1 Å². The lowest BCUT2D eigenvalue weighted by atomic mass is 9.71. The van der Waals surface area contributed by atoms with Crippen molar-refractivity contribution in [2.45, 2.75) is 51.6 Å². The first-order valence-electron chi connectivity index (χ1n) is 9.52. The van der Waals surface area contributed by atoms with Gasteiger partial charge in [0.25, 0.3) is 0 Å². The molecule has 0 bridgehead atoms. The fourth-order valence-corrected chi connectivity index (χ4v) is 4.51. The molecular formula is C21H30N2O3. The summed E-state index contributed by atoms with van der Waals surface area (Å²) in [5.74, 6) is 0.171. The van der Waals surface area contributed by atoms with Gasteiger partial charge in [0.1, 0.15) is 0 Å². The van der Waals surface area contributed by atoms with Crippen molar-refractivity contribution in [3.8, 4) is 0 Å². The molecule has 1 atom stereocenters. The number of carbonyl (C=O) groups excluding carboxylic acids is 2. The van der Waals surface area contributed by atoms with Gasteiger partial charge in [0.05, 0.1) is 11.5 Å². The molecule has 1 spiro atoms. The van der Waals surface area contributed by atoms with Crippen LogP contribution in [0.25, 0.3) is 0 Å². The molecule has 2 fully saturated rings. The molecular weight excluding hydrogens is 328 g/mol. The van der Waals surface area contributed by atoms with E-state index in [2.05, 4.69) is 0 Å². The zero-order valence-corrected chi connectivity index (χ0v) is 16.1. The molecule has 3 rings (SSSR count). The van der Waals surface area contributed by atoms with Gasteiger partial charge in [0.2, 0.25) is 11.8 Å². The largest absolute Gasteiger partial charge is 0.391 e. The highest BCUT2D eigenvalue weighted by molar-refractivity contribution is 5.87. The van der Waals surface area contributed by atoms with E-state index >= 15 is 0 Å². The molecule has 2 aliphatic rings. The predicted molar refractivity (Wildman–Crippen MR) is 101 cm³/mol. The molecule has 26 heavy (non-hydrogen) atoms. The van der Waals surface area contributed by atoms with Crippen LogP contribution in [0, 0.1) is 5.41 Å². The molecule has 1 aromatic carbocycles. The summed E-state index contributed by atoms with van der Waals surface area (Å²) >= 11 is 0. The highest BCUT2D eigenvalue weighted by Crippen LogP contribution is 2.41. The zero-order valence-electron chi connectivity index (χ0n) is 16.1. The SMILES string of the molecule is CC(=O)N1CC(O)CC2(CCN(C(=O)C(C)(C)c3ccccc3)CC2)C1. The quantitative estimate of drug-likeness (QED) is 0.882. The number of aliphatic hydroxyl groups excluding tert-OH is 1. The van der Waals surface area contributed by atoms with Crippen LogP contribution in [0.1, 0.15) is 45.6 Å². The Balaban J connectivity index is 1.68. The number of aliphatic hydroxyl groups is 1. The lowest BCUT2D eigenvalue weighted by molar-refractivity contribution is -0.144. The average molecular weight is 358 g/mol. The summed E-state index contributed by atoms with van der Waals surface area (Å²) in [4.78, 5) is 28.6. The van der Waals surface area contributed by atoms with Gasteiger partial charge in [-0.15, -0.1) is 0 Å². The second-order valence-electron chi connectivity index (χ2n) is 8.54. The second kappa shape index (κ2) is 7.03. The van der Waals surface area contributed by atoms with Crippen molar-refractivity contribution in [1.29, 1.82) is 0 Å². The van der Waals surface area contributed by atoms with Crippen molar-refractivity contribution >= 4 is 11.8 Å². The van der Waals surface area contributed by atoms with Gasteiger partial charge in [-0.2, -0.15) is 0 Å². The van der Waals surface area contributed by atoms with Gasteiger partial charge in [0, 0.05) is 33.1 Å². The third kappa shape index (κ3) is 3.63. The van der Waals surface area contributed by atoms with Crippen LogP contribution in [0.3, 0.4) is 0 Å². The van der Waals surface area contributed by atoms with Crippen LogP contribution in [0.5, 0.6) is 0 Å². The van der Waals surface area contributed by atoms with E-state index in [1.165, 1.54) is 0 Å². The summed E-state index contributed by atoms with van der Waals surface area (Å²) in [5.41, 5.74) is 0.418. The van der Waals surface area contributed by atoms with Crippen LogP contribution in [0.15, 0.2) is 30.3 Å². The van der Waals surface area contributed by atoms with Gasteiger partial charge < -0.3 is 14.9 Å². The number of hydrogen-bond donors (Lipinski definition) is 1. The third-order valence-electron chi connectivity index (χ3n) is 6.21. The van der Waals surface area contributed by atoms with E-state index in [-0.39, 0.29) is 17.2 Å². The number of benzene rings is 1. The van der Waals surface area contributed by atoms with E-state index in [0.29, 0.717) is 26.2 Å². The molecule has 1 N–H and O–H groups in total. The summed E-state index contributed by atoms with van der Waals surface area (Å²) in [6.07, 6.45) is 1.94. The number of amides is 2.